The maximum Gasteiger partial charge on any atom is 0.255 e. The molecule has 154 valence electrons. The number of carbonyl (C=O) groups excluding carboxylic acids is 2. The molecule has 1 saturated heterocycles. The van der Waals surface area contributed by atoms with Crippen LogP contribution in [0.5, 0.6) is 0 Å². The molecule has 0 radical (unpaired) electrons. The average molecular weight is 416 g/mol. The number of carbonyl (C=O) groups is 2. The van der Waals surface area contributed by atoms with Crippen LogP contribution in [0.25, 0.3) is 0 Å². The summed E-state index contributed by atoms with van der Waals surface area (Å²) in [6.45, 7) is 5.59. The van der Waals surface area contributed by atoms with Gasteiger partial charge >= 0.3 is 0 Å². The van der Waals surface area contributed by atoms with Crippen molar-refractivity contribution < 1.29 is 22.7 Å². The molecule has 0 saturated carbocycles. The number of sulfonamides is 1. The van der Waals surface area contributed by atoms with Gasteiger partial charge in [-0.1, -0.05) is 18.2 Å². The number of hydrogen-bond donors (Lipinski definition) is 1. The van der Waals surface area contributed by atoms with Crippen molar-refractivity contribution in [3.05, 3.63) is 59.7 Å². The second kappa shape index (κ2) is 8.44. The zero-order chi connectivity index (χ0) is 21.2. The van der Waals surface area contributed by atoms with Crippen molar-refractivity contribution in [2.45, 2.75) is 37.9 Å². The maximum atomic E-state index is 13.0. The minimum atomic E-state index is -3.76. The molecule has 0 bridgehead atoms. The fourth-order valence-corrected chi connectivity index (χ4v) is 5.00. The van der Waals surface area contributed by atoms with E-state index < -0.39 is 15.9 Å². The molecule has 1 aliphatic rings. The first kappa shape index (κ1) is 21.2. The van der Waals surface area contributed by atoms with E-state index in [0.29, 0.717) is 11.3 Å². The molecule has 1 fully saturated rings. The van der Waals surface area contributed by atoms with E-state index in [1.807, 2.05) is 13.8 Å². The summed E-state index contributed by atoms with van der Waals surface area (Å²) in [6.07, 6.45) is -0.411. The van der Waals surface area contributed by atoms with Crippen molar-refractivity contribution >= 4 is 27.4 Å². The number of anilines is 1. The quantitative estimate of drug-likeness (QED) is 0.757. The molecule has 29 heavy (non-hydrogen) atoms. The number of rotatable bonds is 5. The smallest absolute Gasteiger partial charge is 0.255 e. The Bertz CT molecular complexity index is 1020. The molecule has 8 heteroatoms. The Labute approximate surface area is 170 Å². The van der Waals surface area contributed by atoms with E-state index in [4.69, 9.17) is 4.74 Å². The highest BCUT2D eigenvalue weighted by atomic mass is 32.2. The largest absolute Gasteiger partial charge is 0.373 e. The summed E-state index contributed by atoms with van der Waals surface area (Å²) in [6, 6.07) is 12.6. The molecule has 1 heterocycles. The third kappa shape index (κ3) is 4.72. The third-order valence-corrected chi connectivity index (χ3v) is 6.50. The highest BCUT2D eigenvalue weighted by Crippen LogP contribution is 2.23. The van der Waals surface area contributed by atoms with E-state index in [0.717, 1.165) is 0 Å². The Morgan fingerprint density at radius 3 is 2.34 bits per heavy atom. The molecule has 1 aliphatic heterocycles. The Balaban J connectivity index is 1.86. The van der Waals surface area contributed by atoms with Crippen molar-refractivity contribution in [2.75, 3.05) is 18.4 Å². The van der Waals surface area contributed by atoms with Gasteiger partial charge in [0, 0.05) is 24.2 Å². The molecule has 7 nitrogen and oxygen atoms in total. The Kier molecular flexibility index (Phi) is 6.16. The Morgan fingerprint density at radius 2 is 1.69 bits per heavy atom. The summed E-state index contributed by atoms with van der Waals surface area (Å²) >= 11 is 0. The molecule has 0 aliphatic carbocycles. The van der Waals surface area contributed by atoms with Crippen LogP contribution < -0.4 is 5.32 Å². The number of amides is 1. The normalized spacial score (nSPS) is 20.2. The second-order valence-corrected chi connectivity index (χ2v) is 9.10. The van der Waals surface area contributed by atoms with Crippen molar-refractivity contribution in [1.29, 1.82) is 0 Å². The lowest BCUT2D eigenvalue weighted by atomic mass is 10.1. The van der Waals surface area contributed by atoms with Gasteiger partial charge in [0.15, 0.2) is 5.78 Å². The summed E-state index contributed by atoms with van der Waals surface area (Å²) in [5.41, 5.74) is 0.966. The summed E-state index contributed by atoms with van der Waals surface area (Å²) in [5.74, 6) is -0.660. The highest BCUT2D eigenvalue weighted by molar-refractivity contribution is 7.89. The van der Waals surface area contributed by atoms with Gasteiger partial charge in [-0.05, 0) is 51.1 Å². The van der Waals surface area contributed by atoms with Crippen molar-refractivity contribution in [1.82, 2.24) is 4.31 Å². The van der Waals surface area contributed by atoms with Gasteiger partial charge in [-0.2, -0.15) is 4.31 Å². The van der Waals surface area contributed by atoms with Crippen LogP contribution in [0.2, 0.25) is 0 Å². The standard InChI is InChI=1S/C21H24N2O5S/c1-14-12-23(13-15(2)28-14)29(26,27)18-8-6-7-17(11-18)21(25)22-20-10-5-4-9-19(20)16(3)24/h4-11,14-15H,12-13H2,1-3H3,(H,22,25)/t14-,15+. The van der Waals surface area contributed by atoms with Crippen molar-refractivity contribution in [2.24, 2.45) is 0 Å². The molecule has 1 N–H and O–H groups in total. The number of morpholine rings is 1. The Hall–Kier alpha value is -2.55. The van der Waals surface area contributed by atoms with Crippen LogP contribution in [0.1, 0.15) is 41.5 Å². The van der Waals surface area contributed by atoms with Crippen molar-refractivity contribution in [3.8, 4) is 0 Å². The van der Waals surface area contributed by atoms with Crippen LogP contribution in [0, 0.1) is 0 Å². The van der Waals surface area contributed by atoms with Crippen LogP contribution in [0.15, 0.2) is 53.4 Å². The first-order valence-corrected chi connectivity index (χ1v) is 10.8. The van der Waals surface area contributed by atoms with Crippen LogP contribution in [-0.2, 0) is 14.8 Å². The fraction of sp³-hybridized carbons (Fsp3) is 0.333. The predicted molar refractivity (Wildman–Crippen MR) is 110 cm³/mol. The second-order valence-electron chi connectivity index (χ2n) is 7.16. The van der Waals surface area contributed by atoms with Gasteiger partial charge in [0.05, 0.1) is 22.8 Å². The minimum absolute atomic E-state index is 0.0475. The van der Waals surface area contributed by atoms with Crippen molar-refractivity contribution in [3.63, 3.8) is 0 Å². The summed E-state index contributed by atoms with van der Waals surface area (Å²) in [5, 5.41) is 2.69. The summed E-state index contributed by atoms with van der Waals surface area (Å²) in [4.78, 5) is 24.5. The van der Waals surface area contributed by atoms with Gasteiger partial charge < -0.3 is 10.1 Å². The van der Waals surface area contributed by atoms with E-state index in [1.54, 1.807) is 24.3 Å². The number of benzene rings is 2. The number of Topliss-reactive ketones (excluding diaryl/α,β-unsaturated/α-hetero) is 1. The van der Waals surface area contributed by atoms with E-state index in [2.05, 4.69) is 5.32 Å². The molecule has 0 spiro atoms. The molecule has 0 unspecified atom stereocenters. The van der Waals surface area contributed by atoms with Crippen LogP contribution in [-0.4, -0.2) is 49.7 Å². The summed E-state index contributed by atoms with van der Waals surface area (Å²) < 4.78 is 33.1. The first-order valence-electron chi connectivity index (χ1n) is 9.35. The number of nitrogens with one attached hydrogen (secondary N) is 1. The molecule has 3 rings (SSSR count). The van der Waals surface area contributed by atoms with Crippen LogP contribution in [0.4, 0.5) is 5.69 Å². The number of ketones is 1. The highest BCUT2D eigenvalue weighted by Gasteiger charge is 2.32. The molecule has 2 atom stereocenters. The lowest BCUT2D eigenvalue weighted by Gasteiger charge is -2.34. The van der Waals surface area contributed by atoms with Gasteiger partial charge in [-0.3, -0.25) is 9.59 Å². The summed E-state index contributed by atoms with van der Waals surface area (Å²) in [7, 11) is -3.76. The molecule has 0 aromatic heterocycles. The van der Waals surface area contributed by atoms with Gasteiger partial charge in [0.2, 0.25) is 10.0 Å². The molecular weight excluding hydrogens is 392 g/mol. The van der Waals surface area contributed by atoms with Gasteiger partial charge in [0.25, 0.3) is 5.91 Å². The van der Waals surface area contributed by atoms with E-state index in [9.17, 15) is 18.0 Å². The number of ether oxygens (including phenoxy) is 1. The molecule has 1 amide bonds. The predicted octanol–water partition coefficient (Wildman–Crippen LogP) is 2.94. The maximum absolute atomic E-state index is 13.0. The number of para-hydroxylation sites is 1. The topological polar surface area (TPSA) is 92.8 Å². The molecule has 2 aromatic rings. The van der Waals surface area contributed by atoms with Gasteiger partial charge in [-0.15, -0.1) is 0 Å². The Morgan fingerprint density at radius 1 is 1.03 bits per heavy atom. The third-order valence-electron chi connectivity index (χ3n) is 4.67. The van der Waals surface area contributed by atoms with E-state index in [-0.39, 0.29) is 41.5 Å². The fourth-order valence-electron chi connectivity index (χ4n) is 3.37. The molecular formula is C21H24N2O5S. The number of nitrogens with zero attached hydrogens (tertiary/aromatic N) is 1. The lowest BCUT2D eigenvalue weighted by Crippen LogP contribution is -2.48. The zero-order valence-electron chi connectivity index (χ0n) is 16.6. The monoisotopic (exact) mass is 416 g/mol. The lowest BCUT2D eigenvalue weighted by molar-refractivity contribution is -0.0440. The van der Waals surface area contributed by atoms with E-state index in [1.165, 1.54) is 35.5 Å². The minimum Gasteiger partial charge on any atom is -0.373 e. The average Bonchev–Trinajstić information content (AvgIpc) is 2.67. The van der Waals surface area contributed by atoms with Gasteiger partial charge in [0.1, 0.15) is 0 Å². The van der Waals surface area contributed by atoms with E-state index >= 15 is 0 Å². The van der Waals surface area contributed by atoms with Crippen LogP contribution in [0.3, 0.4) is 0 Å². The number of hydrogen-bond acceptors (Lipinski definition) is 5. The van der Waals surface area contributed by atoms with Crippen LogP contribution >= 0.6 is 0 Å². The van der Waals surface area contributed by atoms with Gasteiger partial charge in [-0.25, -0.2) is 8.42 Å². The molecule has 2 aromatic carbocycles. The zero-order valence-corrected chi connectivity index (χ0v) is 17.4. The first-order chi connectivity index (χ1) is 13.7. The SMILES string of the molecule is CC(=O)c1ccccc1NC(=O)c1cccc(S(=O)(=O)N2C[C@@H](C)O[C@@H](C)C2)c1.